The number of aromatic amines is 1. The summed E-state index contributed by atoms with van der Waals surface area (Å²) in [6, 6.07) is 5.36. The second-order valence-electron chi connectivity index (χ2n) is 8.13. The van der Waals surface area contributed by atoms with Crippen LogP contribution in [-0.2, 0) is 4.79 Å². The van der Waals surface area contributed by atoms with Gasteiger partial charge in [-0.05, 0) is 42.2 Å². The molecule has 1 saturated carbocycles. The normalized spacial score (nSPS) is 17.8. The van der Waals surface area contributed by atoms with E-state index in [1.165, 1.54) is 0 Å². The smallest absolute Gasteiger partial charge is 0.231 e. The van der Waals surface area contributed by atoms with Gasteiger partial charge in [-0.2, -0.15) is 10.2 Å². The average Bonchev–Trinajstić information content (AvgIpc) is 3.12. The van der Waals surface area contributed by atoms with Gasteiger partial charge in [0.1, 0.15) is 6.17 Å². The van der Waals surface area contributed by atoms with E-state index in [1.807, 2.05) is 12.1 Å². The molecule has 3 aromatic heterocycles. The van der Waals surface area contributed by atoms with Gasteiger partial charge in [-0.15, -0.1) is 0 Å². The van der Waals surface area contributed by atoms with Crippen LogP contribution in [0.1, 0.15) is 12.0 Å². The number of rotatable bonds is 6. The number of amides is 1. The van der Waals surface area contributed by atoms with Crippen molar-refractivity contribution in [2.75, 3.05) is 30.4 Å². The van der Waals surface area contributed by atoms with E-state index in [2.05, 4.69) is 20.6 Å². The minimum atomic E-state index is -1.08. The fraction of sp³-hybridized carbons (Fsp3) is 0.318. The van der Waals surface area contributed by atoms with Crippen molar-refractivity contribution in [3.05, 3.63) is 42.0 Å². The number of likely N-dealkylation sites (N-methyl/N-ethyl adjacent to an activating group) is 1. The molecule has 0 radical (unpaired) electrons. The highest BCUT2D eigenvalue weighted by Crippen LogP contribution is 2.40. The first-order valence-electron chi connectivity index (χ1n) is 10.3. The van der Waals surface area contributed by atoms with Gasteiger partial charge in [0.2, 0.25) is 5.91 Å². The number of nitrogens with one attached hydrogen (secondary N) is 2. The molecular formula is C22H22F2N6O2. The lowest BCUT2D eigenvalue weighted by Crippen LogP contribution is -2.23. The van der Waals surface area contributed by atoms with Gasteiger partial charge < -0.3 is 15.3 Å². The summed E-state index contributed by atoms with van der Waals surface area (Å²) in [4.78, 5) is 13.7. The molecule has 1 fully saturated rings. The number of aromatic nitrogens is 4. The van der Waals surface area contributed by atoms with Crippen LogP contribution in [0.15, 0.2) is 30.6 Å². The molecule has 0 bridgehead atoms. The highest BCUT2D eigenvalue weighted by atomic mass is 19.1. The van der Waals surface area contributed by atoms with Crippen LogP contribution in [0.25, 0.3) is 27.5 Å². The zero-order valence-electron chi connectivity index (χ0n) is 17.6. The molecule has 166 valence electrons. The molecule has 3 N–H and O–H groups in total. The van der Waals surface area contributed by atoms with Crippen LogP contribution in [0.5, 0.6) is 0 Å². The first-order valence-corrected chi connectivity index (χ1v) is 10.3. The minimum Gasteiger partial charge on any atom is -0.395 e. The fourth-order valence-corrected chi connectivity index (χ4v) is 4.11. The maximum atomic E-state index is 15.4. The number of H-pyrrole nitrogens is 1. The molecule has 5 rings (SSSR count). The molecule has 2 atom stereocenters. The Labute approximate surface area is 181 Å². The Morgan fingerprint density at radius 2 is 2.22 bits per heavy atom. The largest absolute Gasteiger partial charge is 0.395 e. The van der Waals surface area contributed by atoms with Crippen LogP contribution in [0.3, 0.4) is 0 Å². The van der Waals surface area contributed by atoms with E-state index in [4.69, 9.17) is 0 Å². The third-order valence-electron chi connectivity index (χ3n) is 5.93. The fourth-order valence-electron chi connectivity index (χ4n) is 4.11. The Bertz CT molecular complexity index is 1350. The van der Waals surface area contributed by atoms with Crippen molar-refractivity contribution in [1.82, 2.24) is 19.8 Å². The predicted molar refractivity (Wildman–Crippen MR) is 117 cm³/mol. The van der Waals surface area contributed by atoms with Crippen molar-refractivity contribution in [3.63, 3.8) is 0 Å². The molecule has 32 heavy (non-hydrogen) atoms. The lowest BCUT2D eigenvalue weighted by Gasteiger charge is -2.22. The summed E-state index contributed by atoms with van der Waals surface area (Å²) in [7, 11) is 1.72. The molecular weight excluding hydrogens is 418 g/mol. The van der Waals surface area contributed by atoms with Gasteiger partial charge in [-0.1, -0.05) is 0 Å². The predicted octanol–water partition coefficient (Wildman–Crippen LogP) is 3.05. The number of benzene rings is 1. The highest BCUT2D eigenvalue weighted by molar-refractivity contribution is 6.03. The topological polar surface area (TPSA) is 98.6 Å². The number of alkyl halides is 1. The number of hydrogen-bond donors (Lipinski definition) is 3. The zero-order chi connectivity index (χ0) is 22.6. The Kier molecular flexibility index (Phi) is 4.81. The second kappa shape index (κ2) is 7.56. The summed E-state index contributed by atoms with van der Waals surface area (Å²) < 4.78 is 30.2. The molecule has 0 aliphatic heterocycles. The third kappa shape index (κ3) is 3.27. The monoisotopic (exact) mass is 440 g/mol. The number of halogens is 2. The quantitative estimate of drug-likeness (QED) is 0.428. The highest BCUT2D eigenvalue weighted by Gasteiger charge is 2.43. The third-order valence-corrected chi connectivity index (χ3v) is 5.93. The summed E-state index contributed by atoms with van der Waals surface area (Å²) in [5, 5.41) is 24.0. The average molecular weight is 440 g/mol. The first-order chi connectivity index (χ1) is 15.4. The minimum absolute atomic E-state index is 0.101. The maximum Gasteiger partial charge on any atom is 0.231 e. The van der Waals surface area contributed by atoms with Gasteiger partial charge in [0.05, 0.1) is 35.4 Å². The van der Waals surface area contributed by atoms with Gasteiger partial charge in [0, 0.05) is 31.2 Å². The molecule has 0 spiro atoms. The van der Waals surface area contributed by atoms with Crippen LogP contribution in [-0.4, -0.2) is 57.2 Å². The molecule has 4 aromatic rings. The molecule has 0 unspecified atom stereocenters. The van der Waals surface area contributed by atoms with Crippen molar-refractivity contribution < 1.29 is 18.7 Å². The van der Waals surface area contributed by atoms with E-state index in [1.54, 1.807) is 41.8 Å². The molecule has 1 aliphatic rings. The second-order valence-corrected chi connectivity index (χ2v) is 8.13. The van der Waals surface area contributed by atoms with Crippen molar-refractivity contribution in [2.45, 2.75) is 19.5 Å². The lowest BCUT2D eigenvalue weighted by atomic mass is 9.95. The molecule has 1 amide bonds. The van der Waals surface area contributed by atoms with E-state index in [0.717, 1.165) is 10.9 Å². The van der Waals surface area contributed by atoms with Crippen LogP contribution in [0, 0.1) is 18.7 Å². The summed E-state index contributed by atoms with van der Waals surface area (Å²) in [5.41, 5.74) is 3.52. The number of nitrogens with zero attached hydrogens (tertiary/aromatic N) is 4. The number of pyridine rings is 1. The Balaban J connectivity index is 1.57. The number of carbonyl (C=O) groups excluding carboxylic acids is 1. The number of fused-ring (bicyclic) bond motifs is 2. The Hall–Kier alpha value is -3.53. The standard InChI is InChI=1S/C22H22F2N6O2/c1-11-18(15-10-25-27-20(15)21(19(11)24)29(2)5-6-31)12-3-4-30-13(7-12)8-17(28-30)26-22(32)14-9-16(14)23/h3-4,7-8,10,14,16,31H,5-6,9H2,1-2H3,(H,25,27)(H,26,28,32)/t14-,16+/m1/s1. The van der Waals surface area contributed by atoms with Gasteiger partial charge in [0.15, 0.2) is 11.6 Å². The van der Waals surface area contributed by atoms with Crippen molar-refractivity contribution >= 4 is 33.8 Å². The molecule has 1 aromatic carbocycles. The molecule has 0 saturated heterocycles. The van der Waals surface area contributed by atoms with Crippen molar-refractivity contribution in [2.24, 2.45) is 5.92 Å². The number of hydrogen-bond acceptors (Lipinski definition) is 5. The zero-order valence-corrected chi connectivity index (χ0v) is 17.6. The number of aliphatic hydroxyl groups excluding tert-OH is 1. The van der Waals surface area contributed by atoms with Crippen molar-refractivity contribution in [3.8, 4) is 11.1 Å². The summed E-state index contributed by atoms with van der Waals surface area (Å²) in [5.74, 6) is -1.03. The van der Waals surface area contributed by atoms with Crippen LogP contribution >= 0.6 is 0 Å². The van der Waals surface area contributed by atoms with E-state index < -0.39 is 12.1 Å². The maximum absolute atomic E-state index is 15.4. The summed E-state index contributed by atoms with van der Waals surface area (Å²) in [6.07, 6.45) is 2.55. The van der Waals surface area contributed by atoms with Crippen molar-refractivity contribution in [1.29, 1.82) is 0 Å². The van der Waals surface area contributed by atoms with E-state index in [-0.39, 0.29) is 31.3 Å². The van der Waals surface area contributed by atoms with E-state index in [0.29, 0.717) is 33.7 Å². The van der Waals surface area contributed by atoms with E-state index >= 15 is 4.39 Å². The molecule has 3 heterocycles. The molecule has 8 nitrogen and oxygen atoms in total. The van der Waals surface area contributed by atoms with Crippen LogP contribution < -0.4 is 10.2 Å². The number of carbonyl (C=O) groups is 1. The van der Waals surface area contributed by atoms with Gasteiger partial charge >= 0.3 is 0 Å². The first kappa shape index (κ1) is 20.4. The molecule has 10 heteroatoms. The Morgan fingerprint density at radius 3 is 2.94 bits per heavy atom. The van der Waals surface area contributed by atoms with Gasteiger partial charge in [-0.3, -0.25) is 9.89 Å². The molecule has 1 aliphatic carbocycles. The summed E-state index contributed by atoms with van der Waals surface area (Å²) >= 11 is 0. The number of anilines is 2. The van der Waals surface area contributed by atoms with Crippen LogP contribution in [0.2, 0.25) is 0 Å². The Morgan fingerprint density at radius 1 is 1.44 bits per heavy atom. The summed E-state index contributed by atoms with van der Waals surface area (Å²) in [6.45, 7) is 1.89. The van der Waals surface area contributed by atoms with Gasteiger partial charge in [-0.25, -0.2) is 13.3 Å². The lowest BCUT2D eigenvalue weighted by molar-refractivity contribution is -0.117. The van der Waals surface area contributed by atoms with Gasteiger partial charge in [0.25, 0.3) is 0 Å². The van der Waals surface area contributed by atoms with Crippen LogP contribution in [0.4, 0.5) is 20.3 Å². The SMILES string of the molecule is Cc1c(F)c(N(C)CCO)c2[nH]ncc2c1-c1ccn2nc(NC(=O)[C@@H]3C[C@@H]3F)cc2c1. The van der Waals surface area contributed by atoms with E-state index in [9.17, 15) is 14.3 Å². The number of aliphatic hydroxyl groups is 1.